The van der Waals surface area contributed by atoms with E-state index in [-0.39, 0.29) is 0 Å². The summed E-state index contributed by atoms with van der Waals surface area (Å²) in [7, 11) is 0. The molecular formula is C17H30O. The maximum Gasteiger partial charge on any atom is 0.120 e. The molecule has 0 N–H and O–H groups in total. The minimum absolute atomic E-state index is 0.717. The minimum Gasteiger partial charge on any atom is -0.303 e. The molecule has 2 saturated carbocycles. The van der Waals surface area contributed by atoms with Crippen LogP contribution in [-0.2, 0) is 4.79 Å². The lowest BCUT2D eigenvalue weighted by Crippen LogP contribution is -2.17. The van der Waals surface area contributed by atoms with Gasteiger partial charge in [-0.1, -0.05) is 58.3 Å². The van der Waals surface area contributed by atoms with Crippen LogP contribution in [0.2, 0.25) is 0 Å². The molecular weight excluding hydrogens is 220 g/mol. The van der Waals surface area contributed by atoms with Gasteiger partial charge in [-0.2, -0.15) is 0 Å². The molecule has 2 aliphatic carbocycles. The van der Waals surface area contributed by atoms with Gasteiger partial charge in [-0.05, 0) is 36.5 Å². The van der Waals surface area contributed by atoms with E-state index in [0.29, 0.717) is 5.92 Å². The van der Waals surface area contributed by atoms with Crippen LogP contribution < -0.4 is 0 Å². The van der Waals surface area contributed by atoms with Crippen LogP contribution in [0.5, 0.6) is 0 Å². The average Bonchev–Trinajstić information content (AvgIpc) is 2.40. The van der Waals surface area contributed by atoms with Gasteiger partial charge in [-0.25, -0.2) is 0 Å². The second-order valence-electron chi connectivity index (χ2n) is 6.99. The Balaban J connectivity index is 1.59. The van der Waals surface area contributed by atoms with E-state index in [1.807, 2.05) is 0 Å². The summed E-state index contributed by atoms with van der Waals surface area (Å²) >= 11 is 0. The Morgan fingerprint density at radius 1 is 0.778 bits per heavy atom. The second-order valence-corrected chi connectivity index (χ2v) is 6.99. The summed E-state index contributed by atoms with van der Waals surface area (Å²) in [4.78, 5) is 10.5. The van der Waals surface area contributed by atoms with E-state index in [1.165, 1.54) is 64.2 Å². The molecule has 2 aliphatic rings. The van der Waals surface area contributed by atoms with Crippen molar-refractivity contribution >= 4 is 6.29 Å². The number of rotatable bonds is 5. The zero-order valence-corrected chi connectivity index (χ0v) is 12.1. The summed E-state index contributed by atoms with van der Waals surface area (Å²) in [5.41, 5.74) is 0. The summed E-state index contributed by atoms with van der Waals surface area (Å²) in [6, 6.07) is 0. The number of aldehydes is 1. The van der Waals surface area contributed by atoms with Crippen molar-refractivity contribution in [3.63, 3.8) is 0 Å². The van der Waals surface area contributed by atoms with Crippen LogP contribution in [-0.4, -0.2) is 6.29 Å². The predicted molar refractivity (Wildman–Crippen MR) is 76.5 cm³/mol. The monoisotopic (exact) mass is 250 g/mol. The van der Waals surface area contributed by atoms with Crippen molar-refractivity contribution in [2.45, 2.75) is 77.6 Å². The van der Waals surface area contributed by atoms with Crippen LogP contribution in [0.25, 0.3) is 0 Å². The first-order valence-corrected chi connectivity index (χ1v) is 8.21. The van der Waals surface area contributed by atoms with Crippen LogP contribution in [0, 0.1) is 23.7 Å². The normalized spacial score (nSPS) is 37.4. The van der Waals surface area contributed by atoms with Gasteiger partial charge < -0.3 is 4.79 Å². The Morgan fingerprint density at radius 3 is 1.72 bits per heavy atom. The molecule has 0 unspecified atom stereocenters. The largest absolute Gasteiger partial charge is 0.303 e. The van der Waals surface area contributed by atoms with Gasteiger partial charge in [0.05, 0.1) is 0 Å². The third-order valence-electron chi connectivity index (χ3n) is 5.51. The number of carbonyl (C=O) groups excluding carboxylic acids is 1. The van der Waals surface area contributed by atoms with Gasteiger partial charge in [-0.15, -0.1) is 0 Å². The molecule has 2 fully saturated rings. The van der Waals surface area contributed by atoms with Gasteiger partial charge in [0.25, 0.3) is 0 Å². The van der Waals surface area contributed by atoms with Crippen molar-refractivity contribution in [2.24, 2.45) is 23.7 Å². The molecule has 0 saturated heterocycles. The molecule has 1 nitrogen and oxygen atoms in total. The van der Waals surface area contributed by atoms with Gasteiger partial charge >= 0.3 is 0 Å². The molecule has 0 spiro atoms. The molecule has 0 bridgehead atoms. The van der Waals surface area contributed by atoms with Crippen molar-refractivity contribution in [1.82, 2.24) is 0 Å². The van der Waals surface area contributed by atoms with E-state index in [9.17, 15) is 4.79 Å². The smallest absolute Gasteiger partial charge is 0.120 e. The molecule has 104 valence electrons. The molecule has 0 aromatic heterocycles. The molecule has 0 atom stereocenters. The Morgan fingerprint density at radius 2 is 1.22 bits per heavy atom. The highest BCUT2D eigenvalue weighted by atomic mass is 16.1. The maximum absolute atomic E-state index is 10.5. The first-order valence-electron chi connectivity index (χ1n) is 8.21. The standard InChI is InChI=1S/C17H30O/c1-14-2-4-15(5-3-14)6-7-16-8-10-17(11-9-16)12-13-18/h13-17H,2-12H2,1H3. The fourth-order valence-corrected chi connectivity index (χ4v) is 3.98. The topological polar surface area (TPSA) is 17.1 Å². The molecule has 0 heterocycles. The lowest BCUT2D eigenvalue weighted by molar-refractivity contribution is -0.108. The third kappa shape index (κ3) is 4.40. The average molecular weight is 250 g/mol. The van der Waals surface area contributed by atoms with Gasteiger partial charge in [-0.3, -0.25) is 0 Å². The summed E-state index contributed by atoms with van der Waals surface area (Å²) < 4.78 is 0. The SMILES string of the molecule is CC1CCC(CCC2CCC(CC=O)CC2)CC1. The van der Waals surface area contributed by atoms with Crippen LogP contribution in [0.4, 0.5) is 0 Å². The van der Waals surface area contributed by atoms with Crippen molar-refractivity contribution in [3.8, 4) is 0 Å². The summed E-state index contributed by atoms with van der Waals surface area (Å²) in [5.74, 6) is 3.72. The van der Waals surface area contributed by atoms with E-state index in [0.717, 1.165) is 30.5 Å². The van der Waals surface area contributed by atoms with Gasteiger partial charge in [0.15, 0.2) is 0 Å². The highest BCUT2D eigenvalue weighted by molar-refractivity contribution is 5.49. The Kier molecular flexibility index (Phi) is 5.72. The summed E-state index contributed by atoms with van der Waals surface area (Å²) in [6.45, 7) is 2.41. The van der Waals surface area contributed by atoms with E-state index in [4.69, 9.17) is 0 Å². The molecule has 18 heavy (non-hydrogen) atoms. The van der Waals surface area contributed by atoms with Crippen molar-refractivity contribution in [1.29, 1.82) is 0 Å². The predicted octanol–water partition coefficient (Wildman–Crippen LogP) is 4.99. The number of hydrogen-bond donors (Lipinski definition) is 0. The highest BCUT2D eigenvalue weighted by Crippen LogP contribution is 2.36. The summed E-state index contributed by atoms with van der Waals surface area (Å²) in [5, 5.41) is 0. The Labute approximate surface area is 113 Å². The molecule has 0 amide bonds. The van der Waals surface area contributed by atoms with E-state index < -0.39 is 0 Å². The first kappa shape index (κ1) is 14.1. The quantitative estimate of drug-likeness (QED) is 0.628. The van der Waals surface area contributed by atoms with Crippen molar-refractivity contribution in [3.05, 3.63) is 0 Å². The third-order valence-corrected chi connectivity index (χ3v) is 5.51. The van der Waals surface area contributed by atoms with Crippen molar-refractivity contribution in [2.75, 3.05) is 0 Å². The number of hydrogen-bond acceptors (Lipinski definition) is 1. The van der Waals surface area contributed by atoms with Gasteiger partial charge in [0.1, 0.15) is 6.29 Å². The molecule has 0 aliphatic heterocycles. The van der Waals surface area contributed by atoms with E-state index in [2.05, 4.69) is 6.92 Å². The Bertz CT molecular complexity index is 232. The molecule has 0 radical (unpaired) electrons. The molecule has 0 aromatic rings. The summed E-state index contributed by atoms with van der Waals surface area (Å²) in [6.07, 6.45) is 16.2. The molecule has 0 aromatic carbocycles. The zero-order chi connectivity index (χ0) is 12.8. The molecule has 2 rings (SSSR count). The molecule has 1 heteroatoms. The maximum atomic E-state index is 10.5. The fourth-order valence-electron chi connectivity index (χ4n) is 3.98. The van der Waals surface area contributed by atoms with E-state index >= 15 is 0 Å². The van der Waals surface area contributed by atoms with Crippen LogP contribution in [0.15, 0.2) is 0 Å². The van der Waals surface area contributed by atoms with Crippen molar-refractivity contribution < 1.29 is 4.79 Å². The lowest BCUT2D eigenvalue weighted by atomic mass is 9.75. The van der Waals surface area contributed by atoms with Gasteiger partial charge in [0.2, 0.25) is 0 Å². The van der Waals surface area contributed by atoms with E-state index in [1.54, 1.807) is 0 Å². The number of carbonyl (C=O) groups is 1. The van der Waals surface area contributed by atoms with Crippen LogP contribution in [0.1, 0.15) is 77.6 Å². The first-order chi connectivity index (χ1) is 8.78. The second kappa shape index (κ2) is 7.31. The Hall–Kier alpha value is -0.330. The highest BCUT2D eigenvalue weighted by Gasteiger charge is 2.23. The lowest BCUT2D eigenvalue weighted by Gasteiger charge is -2.30. The van der Waals surface area contributed by atoms with Crippen LogP contribution >= 0.6 is 0 Å². The minimum atomic E-state index is 0.717. The zero-order valence-electron chi connectivity index (χ0n) is 12.1. The van der Waals surface area contributed by atoms with Crippen LogP contribution in [0.3, 0.4) is 0 Å². The van der Waals surface area contributed by atoms with Gasteiger partial charge in [0, 0.05) is 6.42 Å². The fraction of sp³-hybridized carbons (Fsp3) is 0.941.